The molecule has 0 aliphatic rings. The van der Waals surface area contributed by atoms with Gasteiger partial charge in [-0.25, -0.2) is 4.98 Å². The van der Waals surface area contributed by atoms with Crippen molar-refractivity contribution in [1.82, 2.24) is 24.6 Å². The van der Waals surface area contributed by atoms with Crippen LogP contribution in [-0.4, -0.2) is 45.3 Å². The lowest BCUT2D eigenvalue weighted by atomic mass is 10.4. The minimum atomic E-state index is 0.614. The fourth-order valence-corrected chi connectivity index (χ4v) is 2.32. The molecule has 0 saturated heterocycles. The zero-order chi connectivity index (χ0) is 12.4. The Labute approximate surface area is 109 Å². The molecular formula is C10H15N5S2. The fraction of sp³-hybridized carbons (Fsp3) is 0.500. The molecule has 0 amide bonds. The summed E-state index contributed by atoms with van der Waals surface area (Å²) < 4.78 is 2.45. The van der Waals surface area contributed by atoms with Crippen LogP contribution in [0, 0.1) is 4.77 Å². The maximum atomic E-state index is 5.08. The van der Waals surface area contributed by atoms with Gasteiger partial charge in [0, 0.05) is 25.4 Å². The Morgan fingerprint density at radius 2 is 2.29 bits per heavy atom. The molecule has 0 aromatic carbocycles. The number of aromatic amines is 1. The van der Waals surface area contributed by atoms with E-state index in [1.807, 2.05) is 17.0 Å². The van der Waals surface area contributed by atoms with E-state index < -0.39 is 0 Å². The maximum Gasteiger partial charge on any atom is 0.195 e. The molecule has 2 aromatic rings. The van der Waals surface area contributed by atoms with Crippen molar-refractivity contribution >= 4 is 23.6 Å². The predicted molar refractivity (Wildman–Crippen MR) is 71.8 cm³/mol. The van der Waals surface area contributed by atoms with Crippen molar-refractivity contribution in [3.63, 3.8) is 0 Å². The summed E-state index contributed by atoms with van der Waals surface area (Å²) in [5, 5.41) is 10.1. The van der Waals surface area contributed by atoms with E-state index in [1.54, 1.807) is 11.3 Å². The highest BCUT2D eigenvalue weighted by Gasteiger charge is 2.10. The van der Waals surface area contributed by atoms with Crippen LogP contribution >= 0.6 is 23.6 Å². The summed E-state index contributed by atoms with van der Waals surface area (Å²) in [7, 11) is 6.01. The fourth-order valence-electron chi connectivity index (χ4n) is 1.42. The van der Waals surface area contributed by atoms with Crippen molar-refractivity contribution < 1.29 is 0 Å². The van der Waals surface area contributed by atoms with Gasteiger partial charge in [0.25, 0.3) is 0 Å². The Balaban J connectivity index is 2.18. The van der Waals surface area contributed by atoms with E-state index in [9.17, 15) is 0 Å². The molecule has 0 fully saturated rings. The zero-order valence-corrected chi connectivity index (χ0v) is 11.7. The van der Waals surface area contributed by atoms with Gasteiger partial charge >= 0.3 is 0 Å². The molecule has 0 radical (unpaired) electrons. The van der Waals surface area contributed by atoms with Gasteiger partial charge in [-0.1, -0.05) is 0 Å². The predicted octanol–water partition coefficient (Wildman–Crippen LogP) is 1.71. The highest BCUT2D eigenvalue weighted by atomic mass is 32.1. The first-order valence-corrected chi connectivity index (χ1v) is 6.57. The Bertz CT molecular complexity index is 551. The van der Waals surface area contributed by atoms with Gasteiger partial charge in [0.2, 0.25) is 0 Å². The molecule has 5 nitrogen and oxygen atoms in total. The molecule has 0 atom stereocenters. The number of H-pyrrole nitrogens is 1. The van der Waals surface area contributed by atoms with Crippen LogP contribution in [0.25, 0.3) is 11.5 Å². The second-order valence-electron chi connectivity index (χ2n) is 4.09. The van der Waals surface area contributed by atoms with Gasteiger partial charge in [-0.2, -0.15) is 5.10 Å². The third-order valence-electron chi connectivity index (χ3n) is 2.43. The van der Waals surface area contributed by atoms with Gasteiger partial charge in [-0.3, -0.25) is 5.10 Å². The molecule has 92 valence electrons. The summed E-state index contributed by atoms with van der Waals surface area (Å²) in [6.07, 6.45) is 0.965. The molecular weight excluding hydrogens is 254 g/mol. The maximum absolute atomic E-state index is 5.08. The molecule has 0 aliphatic heterocycles. The number of hydrogen-bond acceptors (Lipinski definition) is 5. The molecule has 7 heteroatoms. The van der Waals surface area contributed by atoms with Crippen LogP contribution < -0.4 is 0 Å². The summed E-state index contributed by atoms with van der Waals surface area (Å²) in [5.74, 6) is 0.794. The Morgan fingerprint density at radius 3 is 2.88 bits per heavy atom. The highest BCUT2D eigenvalue weighted by Crippen LogP contribution is 2.19. The number of thiazole rings is 1. The molecule has 0 bridgehead atoms. The normalized spacial score (nSPS) is 11.3. The van der Waals surface area contributed by atoms with Crippen LogP contribution in [0.15, 0.2) is 5.38 Å². The molecule has 0 aliphatic carbocycles. The summed E-state index contributed by atoms with van der Waals surface area (Å²) in [6.45, 7) is 1.01. The number of rotatable bonds is 4. The van der Waals surface area contributed by atoms with E-state index in [0.29, 0.717) is 4.77 Å². The van der Waals surface area contributed by atoms with Crippen LogP contribution in [0.1, 0.15) is 5.01 Å². The monoisotopic (exact) mass is 269 g/mol. The lowest BCUT2D eigenvalue weighted by Gasteiger charge is -2.06. The van der Waals surface area contributed by atoms with Crippen LogP contribution in [-0.2, 0) is 13.5 Å². The van der Waals surface area contributed by atoms with E-state index in [2.05, 4.69) is 34.2 Å². The van der Waals surface area contributed by atoms with Crippen molar-refractivity contribution in [2.45, 2.75) is 6.42 Å². The Kier molecular flexibility index (Phi) is 3.70. The first-order valence-electron chi connectivity index (χ1n) is 5.29. The molecule has 2 rings (SSSR count). The van der Waals surface area contributed by atoms with Crippen molar-refractivity contribution in [1.29, 1.82) is 0 Å². The summed E-state index contributed by atoms with van der Waals surface area (Å²) in [5.41, 5.74) is 0.888. The number of likely N-dealkylation sites (N-methyl/N-ethyl adjacent to an activating group) is 1. The largest absolute Gasteiger partial charge is 0.309 e. The Hall–Kier alpha value is -1.05. The van der Waals surface area contributed by atoms with Crippen LogP contribution in [0.4, 0.5) is 0 Å². The van der Waals surface area contributed by atoms with Crippen molar-refractivity contribution in [3.05, 3.63) is 15.2 Å². The summed E-state index contributed by atoms with van der Waals surface area (Å²) >= 11 is 6.75. The van der Waals surface area contributed by atoms with Crippen LogP contribution in [0.3, 0.4) is 0 Å². The highest BCUT2D eigenvalue weighted by molar-refractivity contribution is 7.71. The van der Waals surface area contributed by atoms with Gasteiger partial charge in [-0.15, -0.1) is 11.3 Å². The Morgan fingerprint density at radius 1 is 1.53 bits per heavy atom. The zero-order valence-electron chi connectivity index (χ0n) is 10.1. The topological polar surface area (TPSA) is 49.7 Å². The van der Waals surface area contributed by atoms with E-state index in [4.69, 9.17) is 12.2 Å². The van der Waals surface area contributed by atoms with Gasteiger partial charge < -0.3 is 9.47 Å². The molecule has 1 N–H and O–H groups in total. The molecule has 2 aromatic heterocycles. The number of hydrogen-bond donors (Lipinski definition) is 1. The smallest absolute Gasteiger partial charge is 0.195 e. The number of nitrogens with one attached hydrogen (secondary N) is 1. The van der Waals surface area contributed by atoms with Gasteiger partial charge in [0.15, 0.2) is 10.6 Å². The van der Waals surface area contributed by atoms with Gasteiger partial charge in [0.1, 0.15) is 5.69 Å². The lowest BCUT2D eigenvalue weighted by molar-refractivity contribution is 0.413. The quantitative estimate of drug-likeness (QED) is 0.858. The third kappa shape index (κ3) is 2.80. The second-order valence-corrected chi connectivity index (χ2v) is 5.42. The standard InChI is InChI=1S/C10H15N5S2/c1-14(2)5-4-8-11-7(6-17-8)9-12-13-10(16)15(9)3/h6H,4-5H2,1-3H3,(H,13,16). The SMILES string of the molecule is CN(C)CCc1nc(-c2n[nH]c(=S)n2C)cs1. The van der Waals surface area contributed by atoms with E-state index in [1.165, 1.54) is 0 Å². The van der Waals surface area contributed by atoms with Gasteiger partial charge in [-0.05, 0) is 26.3 Å². The first kappa shape index (κ1) is 12.4. The van der Waals surface area contributed by atoms with E-state index in [-0.39, 0.29) is 0 Å². The average molecular weight is 269 g/mol. The van der Waals surface area contributed by atoms with Crippen molar-refractivity contribution in [2.24, 2.45) is 7.05 Å². The molecule has 0 saturated carbocycles. The van der Waals surface area contributed by atoms with Crippen molar-refractivity contribution in [2.75, 3.05) is 20.6 Å². The molecule has 0 spiro atoms. The van der Waals surface area contributed by atoms with Crippen molar-refractivity contribution in [3.8, 4) is 11.5 Å². The van der Waals surface area contributed by atoms with Crippen LogP contribution in [0.5, 0.6) is 0 Å². The minimum Gasteiger partial charge on any atom is -0.309 e. The van der Waals surface area contributed by atoms with Gasteiger partial charge in [0.05, 0.1) is 5.01 Å². The lowest BCUT2D eigenvalue weighted by Crippen LogP contribution is -2.14. The second kappa shape index (κ2) is 5.07. The molecule has 2 heterocycles. The number of nitrogens with zero attached hydrogens (tertiary/aromatic N) is 4. The third-order valence-corrected chi connectivity index (χ3v) is 3.71. The van der Waals surface area contributed by atoms with E-state index >= 15 is 0 Å². The molecule has 0 unspecified atom stereocenters. The molecule has 17 heavy (non-hydrogen) atoms. The minimum absolute atomic E-state index is 0.614. The number of aromatic nitrogens is 4. The average Bonchev–Trinajstić information content (AvgIpc) is 2.85. The van der Waals surface area contributed by atoms with E-state index in [0.717, 1.165) is 29.5 Å². The summed E-state index contributed by atoms with van der Waals surface area (Å²) in [4.78, 5) is 6.72. The van der Waals surface area contributed by atoms with Crippen LogP contribution in [0.2, 0.25) is 0 Å². The first-order chi connectivity index (χ1) is 8.08. The summed E-state index contributed by atoms with van der Waals surface area (Å²) in [6, 6.07) is 0.